The summed E-state index contributed by atoms with van der Waals surface area (Å²) in [5, 5.41) is 23.3. The first-order valence-corrected chi connectivity index (χ1v) is 33.5. The summed E-state index contributed by atoms with van der Waals surface area (Å²) in [7, 11) is 0. The molecule has 0 aromatic carbocycles. The Balaban J connectivity index is 3.49. The van der Waals surface area contributed by atoms with Crippen LogP contribution >= 0.6 is 0 Å². The van der Waals surface area contributed by atoms with Gasteiger partial charge in [-0.1, -0.05) is 349 Å². The molecule has 1 amide bonds. The Bertz CT molecular complexity index is 1380. The molecule has 0 saturated carbocycles. The zero-order valence-electron chi connectivity index (χ0n) is 50.8. The van der Waals surface area contributed by atoms with E-state index < -0.39 is 12.1 Å². The standard InChI is InChI=1S/C72H129NO3/c1-3-5-7-9-11-13-15-17-19-21-23-25-27-29-30-31-32-33-34-35-36-37-38-39-40-41-42-44-46-48-50-52-54-56-58-60-62-64-66-68-72(76)73-70(69-74)71(75)67-65-63-61-59-57-55-53-51-49-47-45-43-28-26-24-22-20-18-16-14-12-10-8-6-4-2/h5,7,11,13,17,19,23,25,29-30,32-33,35-36,65,67,70-71,74-75H,3-4,6,8-10,12,14-16,18,20-22,24,26-28,31,34,37-64,66,68-69H2,1-2H3,(H,73,76)/b7-5-,13-11-,19-17-,25-23-,30-29-,33-32-,36-35-,67-65+. The summed E-state index contributed by atoms with van der Waals surface area (Å²) in [6, 6.07) is -0.627. The molecule has 0 bridgehead atoms. The second-order valence-corrected chi connectivity index (χ2v) is 22.5. The van der Waals surface area contributed by atoms with Crippen molar-refractivity contribution in [2.45, 2.75) is 347 Å². The summed E-state index contributed by atoms with van der Waals surface area (Å²) in [4.78, 5) is 12.5. The monoisotopic (exact) mass is 1060 g/mol. The summed E-state index contributed by atoms with van der Waals surface area (Å²) >= 11 is 0. The first kappa shape index (κ1) is 73.3. The minimum Gasteiger partial charge on any atom is -0.394 e. The molecule has 3 N–H and O–H groups in total. The molecule has 4 heteroatoms. The van der Waals surface area contributed by atoms with Gasteiger partial charge in [-0.25, -0.2) is 0 Å². The topological polar surface area (TPSA) is 69.6 Å². The maximum atomic E-state index is 12.5. The van der Waals surface area contributed by atoms with Gasteiger partial charge in [0.15, 0.2) is 0 Å². The van der Waals surface area contributed by atoms with Crippen LogP contribution in [0.1, 0.15) is 335 Å². The SMILES string of the molecule is CC/C=C\C/C=C\C/C=C\C/C=C\C/C=C\C/C=C\C/C=C\CCCCCCCCCCCCCCCCCCCC(=O)NC(CO)C(O)/C=C/CCCCCCCCCCCCCCCCCCCCCCCCC. The maximum Gasteiger partial charge on any atom is 0.220 e. The van der Waals surface area contributed by atoms with Crippen molar-refractivity contribution >= 4 is 5.91 Å². The number of aliphatic hydroxyl groups excluding tert-OH is 2. The number of amides is 1. The Morgan fingerprint density at radius 2 is 0.579 bits per heavy atom. The van der Waals surface area contributed by atoms with Crippen molar-refractivity contribution in [3.63, 3.8) is 0 Å². The number of allylic oxidation sites excluding steroid dienone is 15. The second-order valence-electron chi connectivity index (χ2n) is 22.5. The Morgan fingerprint density at radius 1 is 0.329 bits per heavy atom. The molecule has 2 unspecified atom stereocenters. The average Bonchev–Trinajstić information content (AvgIpc) is 3.42. The predicted octanol–water partition coefficient (Wildman–Crippen LogP) is 22.8. The van der Waals surface area contributed by atoms with Gasteiger partial charge in [0.25, 0.3) is 0 Å². The van der Waals surface area contributed by atoms with Crippen LogP contribution < -0.4 is 5.32 Å². The van der Waals surface area contributed by atoms with Crippen molar-refractivity contribution in [2.24, 2.45) is 0 Å². The molecule has 0 aromatic heterocycles. The van der Waals surface area contributed by atoms with E-state index in [2.05, 4.69) is 104 Å². The van der Waals surface area contributed by atoms with Gasteiger partial charge in [-0.3, -0.25) is 4.79 Å². The van der Waals surface area contributed by atoms with Gasteiger partial charge in [0.05, 0.1) is 18.8 Å². The van der Waals surface area contributed by atoms with E-state index in [1.54, 1.807) is 6.08 Å². The van der Waals surface area contributed by atoms with E-state index >= 15 is 0 Å². The lowest BCUT2D eigenvalue weighted by molar-refractivity contribution is -0.123. The fourth-order valence-electron chi connectivity index (χ4n) is 10.0. The summed E-state index contributed by atoms with van der Waals surface area (Å²) < 4.78 is 0. The van der Waals surface area contributed by atoms with Crippen molar-refractivity contribution in [1.29, 1.82) is 0 Å². The highest BCUT2D eigenvalue weighted by Gasteiger charge is 2.18. The largest absolute Gasteiger partial charge is 0.394 e. The molecule has 76 heavy (non-hydrogen) atoms. The number of unbranched alkanes of at least 4 members (excludes halogenated alkanes) is 40. The molecule has 0 fully saturated rings. The molecule has 0 aromatic rings. The van der Waals surface area contributed by atoms with Gasteiger partial charge >= 0.3 is 0 Å². The molecule has 0 aliphatic carbocycles. The Kier molecular flexibility index (Phi) is 64.2. The Morgan fingerprint density at radius 3 is 0.868 bits per heavy atom. The lowest BCUT2D eigenvalue weighted by Crippen LogP contribution is -2.45. The minimum absolute atomic E-state index is 0.0614. The van der Waals surface area contributed by atoms with E-state index in [1.165, 1.54) is 244 Å². The van der Waals surface area contributed by atoms with Gasteiger partial charge in [0.2, 0.25) is 5.91 Å². The van der Waals surface area contributed by atoms with Crippen LogP contribution in [0.4, 0.5) is 0 Å². The van der Waals surface area contributed by atoms with Crippen molar-refractivity contribution in [3.05, 3.63) is 97.2 Å². The van der Waals surface area contributed by atoms with Crippen LogP contribution in [0, 0.1) is 0 Å². The molecular weight excluding hydrogens is 927 g/mol. The zero-order chi connectivity index (χ0) is 54.8. The van der Waals surface area contributed by atoms with Crippen molar-refractivity contribution < 1.29 is 15.0 Å². The van der Waals surface area contributed by atoms with E-state index in [-0.39, 0.29) is 12.5 Å². The van der Waals surface area contributed by atoms with Crippen molar-refractivity contribution in [2.75, 3.05) is 6.61 Å². The molecule has 0 radical (unpaired) electrons. The second kappa shape index (κ2) is 66.6. The first-order valence-electron chi connectivity index (χ1n) is 33.5. The van der Waals surface area contributed by atoms with Crippen LogP contribution in [-0.4, -0.2) is 34.9 Å². The first-order chi connectivity index (χ1) is 37.7. The number of carbonyl (C=O) groups is 1. The summed E-state index contributed by atoms with van der Waals surface area (Å²) in [5.74, 6) is -0.0614. The summed E-state index contributed by atoms with van der Waals surface area (Å²) in [6.45, 7) is 4.22. The van der Waals surface area contributed by atoms with Crippen LogP contribution in [0.25, 0.3) is 0 Å². The maximum absolute atomic E-state index is 12.5. The highest BCUT2D eigenvalue weighted by Crippen LogP contribution is 2.18. The third-order valence-corrected chi connectivity index (χ3v) is 15.1. The van der Waals surface area contributed by atoms with Crippen molar-refractivity contribution in [1.82, 2.24) is 5.32 Å². The molecule has 0 aliphatic heterocycles. The van der Waals surface area contributed by atoms with Gasteiger partial charge in [0, 0.05) is 6.42 Å². The number of nitrogens with one attached hydrogen (secondary N) is 1. The van der Waals surface area contributed by atoms with E-state index in [0.29, 0.717) is 6.42 Å². The smallest absolute Gasteiger partial charge is 0.220 e. The summed E-state index contributed by atoms with van der Waals surface area (Å²) in [5.41, 5.74) is 0. The molecule has 0 spiro atoms. The number of aliphatic hydroxyl groups is 2. The van der Waals surface area contributed by atoms with Crippen LogP contribution in [0.3, 0.4) is 0 Å². The lowest BCUT2D eigenvalue weighted by atomic mass is 10.0. The van der Waals surface area contributed by atoms with Gasteiger partial charge in [-0.2, -0.15) is 0 Å². The fourth-order valence-corrected chi connectivity index (χ4v) is 10.0. The number of hydrogen-bond donors (Lipinski definition) is 3. The van der Waals surface area contributed by atoms with Gasteiger partial charge < -0.3 is 15.5 Å². The normalized spacial score (nSPS) is 13.4. The molecule has 0 rings (SSSR count). The van der Waals surface area contributed by atoms with Crippen LogP contribution in [-0.2, 0) is 4.79 Å². The third kappa shape index (κ3) is 62.2. The minimum atomic E-state index is -0.844. The van der Waals surface area contributed by atoms with E-state index in [9.17, 15) is 15.0 Å². The number of carbonyl (C=O) groups excluding carboxylic acids is 1. The van der Waals surface area contributed by atoms with E-state index in [1.807, 2.05) is 6.08 Å². The average molecular weight is 1060 g/mol. The van der Waals surface area contributed by atoms with Gasteiger partial charge in [-0.15, -0.1) is 0 Å². The van der Waals surface area contributed by atoms with Crippen molar-refractivity contribution in [3.8, 4) is 0 Å². The molecule has 0 heterocycles. The van der Waals surface area contributed by atoms with Crippen LogP contribution in [0.5, 0.6) is 0 Å². The van der Waals surface area contributed by atoms with Gasteiger partial charge in [0.1, 0.15) is 0 Å². The lowest BCUT2D eigenvalue weighted by Gasteiger charge is -2.20. The fraction of sp³-hybridized carbons (Fsp3) is 0.764. The molecular formula is C72H129NO3. The van der Waals surface area contributed by atoms with Crippen LogP contribution in [0.2, 0.25) is 0 Å². The Hall–Kier alpha value is -2.69. The molecule has 0 saturated heterocycles. The van der Waals surface area contributed by atoms with Crippen LogP contribution in [0.15, 0.2) is 97.2 Å². The highest BCUT2D eigenvalue weighted by atomic mass is 16.3. The molecule has 4 nitrogen and oxygen atoms in total. The van der Waals surface area contributed by atoms with E-state index in [4.69, 9.17) is 0 Å². The van der Waals surface area contributed by atoms with E-state index in [0.717, 1.165) is 70.6 Å². The quantitative estimate of drug-likeness (QED) is 0.0420. The molecule has 440 valence electrons. The zero-order valence-corrected chi connectivity index (χ0v) is 50.8. The Labute approximate surface area is 474 Å². The third-order valence-electron chi connectivity index (χ3n) is 15.1. The number of rotatable bonds is 61. The number of hydrogen-bond acceptors (Lipinski definition) is 3. The highest BCUT2D eigenvalue weighted by molar-refractivity contribution is 5.76. The predicted molar refractivity (Wildman–Crippen MR) is 340 cm³/mol. The summed E-state index contributed by atoms with van der Waals surface area (Å²) in [6.07, 6.45) is 99.0. The molecule has 0 aliphatic rings. The molecule has 2 atom stereocenters. The van der Waals surface area contributed by atoms with Gasteiger partial charge in [-0.05, 0) is 77.0 Å².